The second kappa shape index (κ2) is 19.2. The standard InChI is InChI=1S/C43H44ClN3O5.ClH/c1-31-26-35(27-32(2)43(31)52-41-18-17-39(28-45-41)51-30-36-6-4-5-7-40(36)44)12-19-42(48)47-23-21-46(22-24-47)29-34-10-8-33(9-11-34)20-25-50-38-15-13-37(49-3)14-16-38;/h4-19,26-28H,20-25,29-30H2,1-3H3;1H/b19-12+;. The summed E-state index contributed by atoms with van der Waals surface area (Å²) in [6, 6.07) is 31.6. The number of aryl methyl sites for hydroxylation is 2. The van der Waals surface area contributed by atoms with Crippen molar-refractivity contribution >= 4 is 36.0 Å². The Hall–Kier alpha value is -5.02. The minimum atomic E-state index is 0. The number of rotatable bonds is 14. The molecule has 10 heteroatoms. The van der Waals surface area contributed by atoms with E-state index in [0.717, 1.165) is 65.6 Å². The highest BCUT2D eigenvalue weighted by Gasteiger charge is 2.20. The van der Waals surface area contributed by atoms with Crippen LogP contribution in [0.3, 0.4) is 0 Å². The van der Waals surface area contributed by atoms with E-state index < -0.39 is 0 Å². The maximum Gasteiger partial charge on any atom is 0.246 e. The van der Waals surface area contributed by atoms with Gasteiger partial charge in [0.2, 0.25) is 11.8 Å². The summed E-state index contributed by atoms with van der Waals surface area (Å²) in [4.78, 5) is 21.8. The first-order valence-corrected chi connectivity index (χ1v) is 17.9. The molecule has 53 heavy (non-hydrogen) atoms. The van der Waals surface area contributed by atoms with Crippen LogP contribution in [0.25, 0.3) is 6.08 Å². The Kier molecular flexibility index (Phi) is 14.2. The van der Waals surface area contributed by atoms with Gasteiger partial charge in [-0.05, 0) is 96.3 Å². The maximum atomic E-state index is 13.1. The maximum absolute atomic E-state index is 13.1. The van der Waals surface area contributed by atoms with Gasteiger partial charge in [-0.25, -0.2) is 4.98 Å². The van der Waals surface area contributed by atoms with Crippen LogP contribution < -0.4 is 18.9 Å². The molecule has 0 unspecified atom stereocenters. The first-order valence-electron chi connectivity index (χ1n) is 17.5. The fourth-order valence-corrected chi connectivity index (χ4v) is 6.25. The van der Waals surface area contributed by atoms with Crippen LogP contribution in [0.5, 0.6) is 28.9 Å². The number of methoxy groups -OCH3 is 1. The fraction of sp³-hybridized carbons (Fsp3) is 0.256. The van der Waals surface area contributed by atoms with Crippen LogP contribution in [-0.4, -0.2) is 60.6 Å². The third kappa shape index (κ3) is 11.2. The number of nitrogens with zero attached hydrogens (tertiary/aromatic N) is 3. The zero-order valence-electron chi connectivity index (χ0n) is 30.3. The molecule has 0 saturated carbocycles. The molecule has 276 valence electrons. The molecule has 0 spiro atoms. The van der Waals surface area contributed by atoms with Crippen molar-refractivity contribution in [3.05, 3.63) is 148 Å². The van der Waals surface area contributed by atoms with Gasteiger partial charge in [0.25, 0.3) is 0 Å². The van der Waals surface area contributed by atoms with Crippen LogP contribution in [0.2, 0.25) is 5.02 Å². The lowest BCUT2D eigenvalue weighted by molar-refractivity contribution is -0.127. The van der Waals surface area contributed by atoms with E-state index >= 15 is 0 Å². The molecule has 1 aliphatic heterocycles. The van der Waals surface area contributed by atoms with Crippen LogP contribution >= 0.6 is 24.0 Å². The monoisotopic (exact) mass is 753 g/mol. The Bertz CT molecular complexity index is 1940. The van der Waals surface area contributed by atoms with E-state index in [1.54, 1.807) is 25.4 Å². The van der Waals surface area contributed by atoms with Gasteiger partial charge in [-0.2, -0.15) is 0 Å². The largest absolute Gasteiger partial charge is 0.497 e. The summed E-state index contributed by atoms with van der Waals surface area (Å²) in [5, 5.41) is 0.668. The van der Waals surface area contributed by atoms with Crippen LogP contribution in [0.1, 0.15) is 33.4 Å². The van der Waals surface area contributed by atoms with Crippen molar-refractivity contribution in [3.8, 4) is 28.9 Å². The van der Waals surface area contributed by atoms with E-state index in [4.69, 9.17) is 30.5 Å². The molecule has 1 fully saturated rings. The van der Waals surface area contributed by atoms with Gasteiger partial charge in [-0.15, -0.1) is 12.4 Å². The molecule has 8 nitrogen and oxygen atoms in total. The number of pyridine rings is 1. The number of aromatic nitrogens is 1. The summed E-state index contributed by atoms with van der Waals surface area (Å²) in [5.41, 5.74) is 6.28. The minimum Gasteiger partial charge on any atom is -0.497 e. The summed E-state index contributed by atoms with van der Waals surface area (Å²) < 4.78 is 23.1. The van der Waals surface area contributed by atoms with Gasteiger partial charge in [-0.1, -0.05) is 54.1 Å². The van der Waals surface area contributed by atoms with Crippen molar-refractivity contribution in [2.75, 3.05) is 39.9 Å². The molecule has 1 aliphatic rings. The highest BCUT2D eigenvalue weighted by molar-refractivity contribution is 6.31. The molecule has 0 aliphatic carbocycles. The molecule has 1 saturated heterocycles. The molecule has 2 heterocycles. The number of halogens is 2. The lowest BCUT2D eigenvalue weighted by Crippen LogP contribution is -2.47. The molecular formula is C43H45Cl2N3O5. The molecular weight excluding hydrogens is 709 g/mol. The van der Waals surface area contributed by atoms with Gasteiger partial charge in [0, 0.05) is 61.9 Å². The Morgan fingerprint density at radius 3 is 2.13 bits per heavy atom. The van der Waals surface area contributed by atoms with Crippen LogP contribution in [0, 0.1) is 13.8 Å². The second-order valence-electron chi connectivity index (χ2n) is 12.8. The smallest absolute Gasteiger partial charge is 0.246 e. The molecule has 4 aromatic carbocycles. The molecule has 0 atom stereocenters. The van der Waals surface area contributed by atoms with E-state index in [2.05, 4.69) is 34.1 Å². The lowest BCUT2D eigenvalue weighted by atomic mass is 10.1. The molecule has 0 radical (unpaired) electrons. The van der Waals surface area contributed by atoms with Crippen LogP contribution in [0.4, 0.5) is 0 Å². The van der Waals surface area contributed by atoms with Crippen molar-refractivity contribution in [1.82, 2.24) is 14.8 Å². The average molecular weight is 755 g/mol. The van der Waals surface area contributed by atoms with Crippen molar-refractivity contribution < 1.29 is 23.7 Å². The Morgan fingerprint density at radius 1 is 0.811 bits per heavy atom. The summed E-state index contributed by atoms with van der Waals surface area (Å²) in [7, 11) is 1.66. The quantitative estimate of drug-likeness (QED) is 0.105. The van der Waals surface area contributed by atoms with Gasteiger partial charge < -0.3 is 23.8 Å². The normalized spacial score (nSPS) is 13.0. The molecule has 5 aromatic rings. The number of piperazine rings is 1. The number of benzene rings is 4. The molecule has 1 aromatic heterocycles. The third-order valence-corrected chi connectivity index (χ3v) is 9.37. The highest BCUT2D eigenvalue weighted by atomic mass is 35.5. The molecule has 0 N–H and O–H groups in total. The Morgan fingerprint density at radius 2 is 1.47 bits per heavy atom. The summed E-state index contributed by atoms with van der Waals surface area (Å²) in [5.74, 6) is 3.52. The van der Waals surface area contributed by atoms with Gasteiger partial charge in [0.15, 0.2) is 0 Å². The van der Waals surface area contributed by atoms with E-state index in [0.29, 0.717) is 43.0 Å². The molecule has 0 bridgehead atoms. The lowest BCUT2D eigenvalue weighted by Gasteiger charge is -2.34. The van der Waals surface area contributed by atoms with Crippen molar-refractivity contribution in [2.45, 2.75) is 33.4 Å². The first-order chi connectivity index (χ1) is 25.3. The fourth-order valence-electron chi connectivity index (χ4n) is 6.06. The molecule has 1 amide bonds. The predicted octanol–water partition coefficient (Wildman–Crippen LogP) is 9.13. The summed E-state index contributed by atoms with van der Waals surface area (Å²) >= 11 is 6.23. The highest BCUT2D eigenvalue weighted by Crippen LogP contribution is 2.30. The predicted molar refractivity (Wildman–Crippen MR) is 213 cm³/mol. The Labute approximate surface area is 323 Å². The van der Waals surface area contributed by atoms with Crippen molar-refractivity contribution in [2.24, 2.45) is 0 Å². The first kappa shape index (κ1) is 39.2. The number of amides is 1. The second-order valence-corrected chi connectivity index (χ2v) is 13.2. The Balaban J connectivity index is 0.00000541. The van der Waals surface area contributed by atoms with Gasteiger partial charge in [-0.3, -0.25) is 9.69 Å². The van der Waals surface area contributed by atoms with E-state index in [-0.39, 0.29) is 18.3 Å². The number of hydrogen-bond acceptors (Lipinski definition) is 7. The van der Waals surface area contributed by atoms with Gasteiger partial charge in [0.05, 0.1) is 19.9 Å². The van der Waals surface area contributed by atoms with Crippen molar-refractivity contribution in [1.29, 1.82) is 0 Å². The van der Waals surface area contributed by atoms with Crippen LogP contribution in [-0.2, 0) is 24.4 Å². The van der Waals surface area contributed by atoms with Crippen LogP contribution in [0.15, 0.2) is 109 Å². The SMILES string of the molecule is COc1ccc(OCCc2ccc(CN3CCN(C(=O)/C=C/c4cc(C)c(Oc5ccc(OCc6ccccc6Cl)cn5)c(C)c4)CC3)cc2)cc1.Cl. The number of hydrogen-bond donors (Lipinski definition) is 0. The van der Waals surface area contributed by atoms with E-state index in [1.807, 2.05) is 91.6 Å². The van der Waals surface area contributed by atoms with Crippen molar-refractivity contribution in [3.63, 3.8) is 0 Å². The van der Waals surface area contributed by atoms with E-state index in [9.17, 15) is 4.79 Å². The summed E-state index contributed by atoms with van der Waals surface area (Å²) in [6.07, 6.45) is 6.03. The number of carbonyl (C=O) groups excluding carboxylic acids is 1. The minimum absolute atomic E-state index is 0. The molecule has 6 rings (SSSR count). The number of carbonyl (C=O) groups is 1. The summed E-state index contributed by atoms with van der Waals surface area (Å²) in [6.45, 7) is 8.90. The zero-order valence-corrected chi connectivity index (χ0v) is 31.9. The third-order valence-electron chi connectivity index (χ3n) is 9.00. The van der Waals surface area contributed by atoms with Gasteiger partial charge >= 0.3 is 0 Å². The topological polar surface area (TPSA) is 73.4 Å². The van der Waals surface area contributed by atoms with Gasteiger partial charge in [0.1, 0.15) is 29.6 Å². The number of ether oxygens (including phenoxy) is 4. The van der Waals surface area contributed by atoms with E-state index in [1.165, 1.54) is 11.1 Å². The average Bonchev–Trinajstić information content (AvgIpc) is 3.17. The zero-order chi connectivity index (χ0) is 36.3.